The predicted octanol–water partition coefficient (Wildman–Crippen LogP) is 1.54. The molecule has 4 heteroatoms. The minimum Gasteiger partial charge on any atom is -0.255 e. The lowest BCUT2D eigenvalue weighted by atomic mass is 10.3. The van der Waals surface area contributed by atoms with E-state index in [1.54, 1.807) is 16.0 Å². The van der Waals surface area contributed by atoms with Gasteiger partial charge in [-0.15, -0.1) is 5.10 Å². The van der Waals surface area contributed by atoms with Gasteiger partial charge in [0.2, 0.25) is 0 Å². The summed E-state index contributed by atoms with van der Waals surface area (Å²) in [6.07, 6.45) is 1.90. The predicted molar refractivity (Wildman–Crippen MR) is 44.3 cm³/mol. The van der Waals surface area contributed by atoms with Crippen LogP contribution in [0.1, 0.15) is 0 Å². The molecule has 0 saturated carbocycles. The molecule has 0 aliphatic heterocycles. The van der Waals surface area contributed by atoms with E-state index in [2.05, 4.69) is 15.7 Å². The number of thiophene rings is 1. The number of nitrogens with zero attached hydrogens (tertiary/aromatic N) is 3. The Hall–Kier alpha value is -1.16. The maximum absolute atomic E-state index is 3.98. The zero-order valence-corrected chi connectivity index (χ0v) is 6.88. The topological polar surface area (TPSA) is 30.7 Å². The van der Waals surface area contributed by atoms with Crippen LogP contribution in [0.2, 0.25) is 0 Å². The number of hydrogen-bond acceptors (Lipinski definition) is 3. The van der Waals surface area contributed by atoms with E-state index in [0.717, 1.165) is 11.3 Å². The van der Waals surface area contributed by atoms with Gasteiger partial charge in [-0.05, 0) is 11.4 Å². The molecule has 2 aromatic rings. The van der Waals surface area contributed by atoms with E-state index >= 15 is 0 Å². The van der Waals surface area contributed by atoms with Crippen LogP contribution in [-0.2, 0) is 7.05 Å². The number of aryl methyl sites for hydroxylation is 1. The second-order valence-electron chi connectivity index (χ2n) is 2.29. The van der Waals surface area contributed by atoms with E-state index in [-0.39, 0.29) is 0 Å². The minimum absolute atomic E-state index is 0.939. The summed E-state index contributed by atoms with van der Waals surface area (Å²) in [5.41, 5.74) is 2.08. The van der Waals surface area contributed by atoms with Gasteiger partial charge in [-0.25, -0.2) is 0 Å². The van der Waals surface area contributed by atoms with Crippen molar-refractivity contribution in [2.24, 2.45) is 7.05 Å². The third kappa shape index (κ3) is 1.17. The van der Waals surface area contributed by atoms with Gasteiger partial charge in [-0.1, -0.05) is 5.21 Å². The number of aromatic nitrogens is 3. The number of hydrogen-bond donors (Lipinski definition) is 0. The van der Waals surface area contributed by atoms with Gasteiger partial charge >= 0.3 is 0 Å². The number of rotatable bonds is 1. The van der Waals surface area contributed by atoms with Crippen LogP contribution >= 0.6 is 11.3 Å². The molecule has 56 valence electrons. The molecule has 11 heavy (non-hydrogen) atoms. The first-order valence-electron chi connectivity index (χ1n) is 3.25. The first-order chi connectivity index (χ1) is 5.36. The highest BCUT2D eigenvalue weighted by Crippen LogP contribution is 2.18. The van der Waals surface area contributed by atoms with Crippen molar-refractivity contribution < 1.29 is 0 Å². The molecule has 2 heterocycles. The van der Waals surface area contributed by atoms with Crippen LogP contribution in [0, 0.1) is 0 Å². The Kier molecular flexibility index (Phi) is 1.47. The van der Waals surface area contributed by atoms with E-state index in [4.69, 9.17) is 0 Å². The van der Waals surface area contributed by atoms with Gasteiger partial charge in [0.05, 0.1) is 6.20 Å². The normalized spacial score (nSPS) is 10.3. The summed E-state index contributed by atoms with van der Waals surface area (Å²) >= 11 is 1.67. The molecule has 0 radical (unpaired) electrons. The Labute approximate surface area is 68.3 Å². The molecule has 0 aromatic carbocycles. The SMILES string of the molecule is Cn1cc(-c2ccsc2)nn1. The molecule has 0 aliphatic carbocycles. The fraction of sp³-hybridized carbons (Fsp3) is 0.143. The molecule has 0 aliphatic rings. The molecule has 0 bridgehead atoms. The fourth-order valence-electron chi connectivity index (χ4n) is 0.890. The molecular weight excluding hydrogens is 158 g/mol. The van der Waals surface area contributed by atoms with Crippen molar-refractivity contribution in [2.45, 2.75) is 0 Å². The summed E-state index contributed by atoms with van der Waals surface area (Å²) in [5.74, 6) is 0. The van der Waals surface area contributed by atoms with E-state index in [9.17, 15) is 0 Å². The van der Waals surface area contributed by atoms with Gasteiger partial charge in [0, 0.05) is 18.0 Å². The molecule has 0 unspecified atom stereocenters. The van der Waals surface area contributed by atoms with Crippen LogP contribution in [-0.4, -0.2) is 15.0 Å². The van der Waals surface area contributed by atoms with Crippen molar-refractivity contribution in [3.8, 4) is 11.3 Å². The molecule has 0 fully saturated rings. The molecule has 0 N–H and O–H groups in total. The zero-order chi connectivity index (χ0) is 7.68. The maximum Gasteiger partial charge on any atom is 0.113 e. The zero-order valence-electron chi connectivity index (χ0n) is 6.06. The first kappa shape index (κ1) is 6.54. The van der Waals surface area contributed by atoms with Crippen LogP contribution in [0.3, 0.4) is 0 Å². The smallest absolute Gasteiger partial charge is 0.113 e. The largest absolute Gasteiger partial charge is 0.255 e. The Morgan fingerprint density at radius 3 is 3.00 bits per heavy atom. The van der Waals surface area contributed by atoms with Crippen molar-refractivity contribution in [2.75, 3.05) is 0 Å². The highest BCUT2D eigenvalue weighted by molar-refractivity contribution is 7.08. The van der Waals surface area contributed by atoms with Crippen LogP contribution in [0.5, 0.6) is 0 Å². The van der Waals surface area contributed by atoms with Gasteiger partial charge in [-0.2, -0.15) is 11.3 Å². The summed E-state index contributed by atoms with van der Waals surface area (Å²) in [6, 6.07) is 2.04. The van der Waals surface area contributed by atoms with Crippen molar-refractivity contribution in [1.29, 1.82) is 0 Å². The standard InChI is InChI=1S/C7H7N3S/c1-10-4-7(8-9-10)6-2-3-11-5-6/h2-5H,1H3. The Bertz CT molecular complexity index is 336. The van der Waals surface area contributed by atoms with E-state index in [0.29, 0.717) is 0 Å². The lowest BCUT2D eigenvalue weighted by molar-refractivity contribution is 0.715. The van der Waals surface area contributed by atoms with Gasteiger partial charge in [0.15, 0.2) is 0 Å². The molecule has 0 spiro atoms. The van der Waals surface area contributed by atoms with Gasteiger partial charge < -0.3 is 0 Å². The van der Waals surface area contributed by atoms with Gasteiger partial charge in [0.25, 0.3) is 0 Å². The maximum atomic E-state index is 3.98. The van der Waals surface area contributed by atoms with E-state index in [1.165, 1.54) is 0 Å². The minimum atomic E-state index is 0.939. The highest BCUT2D eigenvalue weighted by Gasteiger charge is 2.00. The van der Waals surface area contributed by atoms with Gasteiger partial charge in [0.1, 0.15) is 5.69 Å². The van der Waals surface area contributed by atoms with Crippen molar-refractivity contribution in [3.63, 3.8) is 0 Å². The molecule has 0 atom stereocenters. The van der Waals surface area contributed by atoms with Gasteiger partial charge in [-0.3, -0.25) is 4.68 Å². The summed E-state index contributed by atoms with van der Waals surface area (Å²) in [4.78, 5) is 0. The molecular formula is C7H7N3S. The van der Waals surface area contributed by atoms with Crippen molar-refractivity contribution in [1.82, 2.24) is 15.0 Å². The summed E-state index contributed by atoms with van der Waals surface area (Å²) in [6.45, 7) is 0. The van der Waals surface area contributed by atoms with Crippen LogP contribution in [0.15, 0.2) is 23.0 Å². The molecule has 3 nitrogen and oxygen atoms in total. The Balaban J connectivity index is 2.45. The second-order valence-corrected chi connectivity index (χ2v) is 3.07. The average molecular weight is 165 g/mol. The van der Waals surface area contributed by atoms with E-state index < -0.39 is 0 Å². The fourth-order valence-corrected chi connectivity index (χ4v) is 1.54. The molecule has 0 amide bonds. The third-order valence-corrected chi connectivity index (χ3v) is 2.10. The lowest BCUT2D eigenvalue weighted by Crippen LogP contribution is -1.85. The summed E-state index contributed by atoms with van der Waals surface area (Å²) in [5, 5.41) is 11.9. The van der Waals surface area contributed by atoms with Crippen LogP contribution in [0.4, 0.5) is 0 Å². The average Bonchev–Trinajstić information content (AvgIpc) is 2.55. The molecule has 2 rings (SSSR count). The quantitative estimate of drug-likeness (QED) is 0.641. The van der Waals surface area contributed by atoms with Crippen molar-refractivity contribution >= 4 is 11.3 Å². The first-order valence-corrected chi connectivity index (χ1v) is 4.19. The lowest BCUT2D eigenvalue weighted by Gasteiger charge is -1.83. The van der Waals surface area contributed by atoms with Crippen LogP contribution < -0.4 is 0 Å². The third-order valence-electron chi connectivity index (χ3n) is 1.42. The Morgan fingerprint density at radius 1 is 1.55 bits per heavy atom. The van der Waals surface area contributed by atoms with Crippen LogP contribution in [0.25, 0.3) is 11.3 Å². The second kappa shape index (κ2) is 2.47. The highest BCUT2D eigenvalue weighted by atomic mass is 32.1. The molecule has 0 saturated heterocycles. The molecule has 2 aromatic heterocycles. The Morgan fingerprint density at radius 2 is 2.45 bits per heavy atom. The summed E-state index contributed by atoms with van der Waals surface area (Å²) < 4.78 is 1.70. The van der Waals surface area contributed by atoms with Crippen molar-refractivity contribution in [3.05, 3.63) is 23.0 Å². The van der Waals surface area contributed by atoms with E-state index in [1.807, 2.05) is 24.7 Å². The summed E-state index contributed by atoms with van der Waals surface area (Å²) in [7, 11) is 1.86. The monoisotopic (exact) mass is 165 g/mol.